The highest BCUT2D eigenvalue weighted by molar-refractivity contribution is 6.30. The van der Waals surface area contributed by atoms with Crippen molar-refractivity contribution in [1.82, 2.24) is 5.32 Å². The van der Waals surface area contributed by atoms with Gasteiger partial charge in [0, 0.05) is 5.02 Å². The molecule has 0 radical (unpaired) electrons. The first-order chi connectivity index (χ1) is 8.72. The van der Waals surface area contributed by atoms with Crippen LogP contribution in [0.25, 0.3) is 0 Å². The smallest absolute Gasteiger partial charge is 0.128 e. The van der Waals surface area contributed by atoms with Crippen molar-refractivity contribution < 1.29 is 4.42 Å². The molecule has 2 nitrogen and oxygen atoms in total. The molecule has 3 heteroatoms. The van der Waals surface area contributed by atoms with Gasteiger partial charge in [-0.1, -0.05) is 30.7 Å². The summed E-state index contributed by atoms with van der Waals surface area (Å²) in [6.45, 7) is 5.17. The molecular formula is C15H18ClNO. The number of hydrogen-bond donors (Lipinski definition) is 1. The average molecular weight is 264 g/mol. The number of hydrogen-bond acceptors (Lipinski definition) is 2. The quantitative estimate of drug-likeness (QED) is 0.869. The molecule has 0 aliphatic heterocycles. The fourth-order valence-electron chi connectivity index (χ4n) is 1.99. The van der Waals surface area contributed by atoms with Crippen molar-refractivity contribution in [3.63, 3.8) is 0 Å². The van der Waals surface area contributed by atoms with Crippen molar-refractivity contribution in [3.05, 3.63) is 58.5 Å². The van der Waals surface area contributed by atoms with Crippen molar-refractivity contribution in [3.8, 4) is 0 Å². The Balaban J connectivity index is 2.30. The van der Waals surface area contributed by atoms with Gasteiger partial charge in [-0.05, 0) is 49.2 Å². The Bertz CT molecular complexity index is 489. The predicted molar refractivity (Wildman–Crippen MR) is 75.0 cm³/mol. The van der Waals surface area contributed by atoms with Crippen LogP contribution in [0.2, 0.25) is 5.02 Å². The third kappa shape index (κ3) is 2.95. The molecule has 0 spiro atoms. The van der Waals surface area contributed by atoms with E-state index in [1.165, 1.54) is 11.1 Å². The Hall–Kier alpha value is -1.25. The summed E-state index contributed by atoms with van der Waals surface area (Å²) in [4.78, 5) is 0. The van der Waals surface area contributed by atoms with Gasteiger partial charge in [-0.25, -0.2) is 0 Å². The zero-order chi connectivity index (χ0) is 13.0. The molecule has 1 aromatic heterocycles. The topological polar surface area (TPSA) is 25.2 Å². The summed E-state index contributed by atoms with van der Waals surface area (Å²) in [5.74, 6) is 0.978. The lowest BCUT2D eigenvalue weighted by molar-refractivity contribution is 0.444. The summed E-state index contributed by atoms with van der Waals surface area (Å²) in [5.41, 5.74) is 2.34. The van der Waals surface area contributed by atoms with E-state index in [0.29, 0.717) is 0 Å². The maximum absolute atomic E-state index is 5.93. The Morgan fingerprint density at radius 1 is 1.22 bits per heavy atom. The molecule has 1 N–H and O–H groups in total. The third-order valence-electron chi connectivity index (χ3n) is 2.97. The Morgan fingerprint density at radius 2 is 1.94 bits per heavy atom. The molecule has 0 amide bonds. The molecule has 2 aromatic rings. The summed E-state index contributed by atoms with van der Waals surface area (Å²) >= 11 is 5.93. The number of halogens is 1. The van der Waals surface area contributed by atoms with Gasteiger partial charge in [0.05, 0.1) is 12.3 Å². The highest BCUT2D eigenvalue weighted by Crippen LogP contribution is 2.26. The molecule has 2 rings (SSSR count). The van der Waals surface area contributed by atoms with Crippen LogP contribution in [0.3, 0.4) is 0 Å². The molecule has 1 aromatic carbocycles. The minimum absolute atomic E-state index is 0.0946. The first-order valence-electron chi connectivity index (χ1n) is 6.25. The van der Waals surface area contributed by atoms with Crippen LogP contribution in [-0.2, 0) is 0 Å². The van der Waals surface area contributed by atoms with E-state index in [-0.39, 0.29) is 6.04 Å². The van der Waals surface area contributed by atoms with E-state index in [1.54, 1.807) is 6.26 Å². The molecule has 96 valence electrons. The number of furan rings is 1. The third-order valence-corrected chi connectivity index (χ3v) is 3.22. The van der Waals surface area contributed by atoms with Gasteiger partial charge in [0.15, 0.2) is 0 Å². The van der Waals surface area contributed by atoms with Crippen molar-refractivity contribution in [2.24, 2.45) is 0 Å². The van der Waals surface area contributed by atoms with Gasteiger partial charge >= 0.3 is 0 Å². The van der Waals surface area contributed by atoms with E-state index < -0.39 is 0 Å². The highest BCUT2D eigenvalue weighted by Gasteiger charge is 2.18. The molecule has 0 saturated heterocycles. The molecule has 1 heterocycles. The molecular weight excluding hydrogens is 246 g/mol. The summed E-state index contributed by atoms with van der Waals surface area (Å²) in [6, 6.07) is 9.99. The molecule has 0 fully saturated rings. The van der Waals surface area contributed by atoms with Crippen LogP contribution in [0.1, 0.15) is 36.3 Å². The zero-order valence-electron chi connectivity index (χ0n) is 10.7. The Labute approximate surface area is 113 Å². The van der Waals surface area contributed by atoms with Crippen LogP contribution in [0.15, 0.2) is 41.0 Å². The van der Waals surface area contributed by atoms with Crippen molar-refractivity contribution >= 4 is 11.6 Å². The van der Waals surface area contributed by atoms with E-state index >= 15 is 0 Å². The van der Waals surface area contributed by atoms with E-state index in [2.05, 4.69) is 19.2 Å². The first-order valence-corrected chi connectivity index (χ1v) is 6.63. The molecule has 1 atom stereocenters. The fourth-order valence-corrected chi connectivity index (χ4v) is 2.11. The van der Waals surface area contributed by atoms with Crippen LogP contribution in [0.5, 0.6) is 0 Å². The standard InChI is InChI=1S/C15H18ClNO/c1-3-9-17-14(15-11(2)8-10-18-15)12-4-6-13(16)7-5-12/h4-8,10,14,17H,3,9H2,1-2H3. The van der Waals surface area contributed by atoms with Crippen LogP contribution in [0, 0.1) is 6.92 Å². The summed E-state index contributed by atoms with van der Waals surface area (Å²) in [5, 5.41) is 4.27. The SMILES string of the molecule is CCCNC(c1ccc(Cl)cc1)c1occc1C. The fraction of sp³-hybridized carbons (Fsp3) is 0.333. The number of aryl methyl sites for hydroxylation is 1. The van der Waals surface area contributed by atoms with Crippen molar-refractivity contribution in [2.75, 3.05) is 6.54 Å². The van der Waals surface area contributed by atoms with Crippen molar-refractivity contribution in [1.29, 1.82) is 0 Å². The number of rotatable bonds is 5. The minimum atomic E-state index is 0.0946. The molecule has 0 aliphatic rings. The average Bonchev–Trinajstić information content (AvgIpc) is 2.78. The van der Waals surface area contributed by atoms with E-state index in [9.17, 15) is 0 Å². The van der Waals surface area contributed by atoms with Gasteiger partial charge in [0.2, 0.25) is 0 Å². The Kier molecular flexibility index (Phi) is 4.45. The van der Waals surface area contributed by atoms with Crippen LogP contribution >= 0.6 is 11.6 Å². The van der Waals surface area contributed by atoms with E-state index in [0.717, 1.165) is 23.7 Å². The molecule has 18 heavy (non-hydrogen) atoms. The number of nitrogens with one attached hydrogen (secondary N) is 1. The summed E-state index contributed by atoms with van der Waals surface area (Å²) < 4.78 is 5.61. The van der Waals surface area contributed by atoms with Gasteiger partial charge in [0.25, 0.3) is 0 Å². The van der Waals surface area contributed by atoms with Crippen LogP contribution in [0.4, 0.5) is 0 Å². The second kappa shape index (κ2) is 6.07. The molecule has 0 saturated carbocycles. The van der Waals surface area contributed by atoms with E-state index in [1.807, 2.05) is 30.3 Å². The van der Waals surface area contributed by atoms with Crippen LogP contribution < -0.4 is 5.32 Å². The normalized spacial score (nSPS) is 12.6. The van der Waals surface area contributed by atoms with Gasteiger partial charge in [-0.15, -0.1) is 0 Å². The lowest BCUT2D eigenvalue weighted by Crippen LogP contribution is -2.23. The molecule has 0 bridgehead atoms. The number of benzene rings is 1. The second-order valence-electron chi connectivity index (χ2n) is 4.41. The Morgan fingerprint density at radius 3 is 2.50 bits per heavy atom. The van der Waals surface area contributed by atoms with Gasteiger partial charge < -0.3 is 9.73 Å². The monoisotopic (exact) mass is 263 g/mol. The largest absolute Gasteiger partial charge is 0.467 e. The van der Waals surface area contributed by atoms with E-state index in [4.69, 9.17) is 16.0 Å². The molecule has 0 aliphatic carbocycles. The van der Waals surface area contributed by atoms with Gasteiger partial charge in [0.1, 0.15) is 5.76 Å². The van der Waals surface area contributed by atoms with Crippen LogP contribution in [-0.4, -0.2) is 6.54 Å². The van der Waals surface area contributed by atoms with Gasteiger partial charge in [-0.2, -0.15) is 0 Å². The maximum Gasteiger partial charge on any atom is 0.128 e. The zero-order valence-corrected chi connectivity index (χ0v) is 11.5. The lowest BCUT2D eigenvalue weighted by atomic mass is 10.0. The predicted octanol–water partition coefficient (Wildman–Crippen LogP) is 4.33. The molecule has 1 unspecified atom stereocenters. The van der Waals surface area contributed by atoms with Crippen molar-refractivity contribution in [2.45, 2.75) is 26.3 Å². The lowest BCUT2D eigenvalue weighted by Gasteiger charge is -2.18. The first kappa shape index (κ1) is 13.2. The summed E-state index contributed by atoms with van der Waals surface area (Å²) in [7, 11) is 0. The minimum Gasteiger partial charge on any atom is -0.467 e. The maximum atomic E-state index is 5.93. The van der Waals surface area contributed by atoms with Gasteiger partial charge in [-0.3, -0.25) is 0 Å². The highest BCUT2D eigenvalue weighted by atomic mass is 35.5. The summed E-state index contributed by atoms with van der Waals surface area (Å²) in [6.07, 6.45) is 2.82. The second-order valence-corrected chi connectivity index (χ2v) is 4.84.